The number of unbranched alkanes of at least 4 members (excludes halogenated alkanes) is 40. The number of hydrogen-bond donors (Lipinski definition) is 6. The molecule has 0 saturated carbocycles. The third-order valence-corrected chi connectivity index (χ3v) is 17.3. The molecule has 1 aliphatic rings. The maximum absolute atomic E-state index is 13.5. The number of aliphatic hydroxyl groups is 5. The Balaban J connectivity index is 2.55. The number of rotatable bonds is 64. The van der Waals surface area contributed by atoms with E-state index in [1.165, 1.54) is 205 Å². The Labute approximate surface area is 541 Å². The predicted molar refractivity (Wildman–Crippen MR) is 370 cm³/mol. The number of allylic oxidation sites excluding steroid dienone is 11. The minimum absolute atomic E-state index is 0.115. The van der Waals surface area contributed by atoms with Crippen molar-refractivity contribution in [1.29, 1.82) is 0 Å². The second-order valence-corrected chi connectivity index (χ2v) is 25.7. The fraction of sp³-hybridized carbons (Fsp3) is 0.818. The van der Waals surface area contributed by atoms with Gasteiger partial charge in [-0.15, -0.1) is 0 Å². The number of aliphatic hydroxyl groups excluding tert-OH is 5. The molecule has 11 nitrogen and oxygen atoms in total. The van der Waals surface area contributed by atoms with Crippen LogP contribution >= 0.6 is 0 Å². The molecule has 1 fully saturated rings. The third-order valence-electron chi connectivity index (χ3n) is 17.3. The van der Waals surface area contributed by atoms with Gasteiger partial charge in [0.15, 0.2) is 12.4 Å². The van der Waals surface area contributed by atoms with Crippen molar-refractivity contribution in [2.45, 2.75) is 391 Å². The second-order valence-electron chi connectivity index (χ2n) is 25.7. The van der Waals surface area contributed by atoms with Crippen molar-refractivity contribution < 1.29 is 49.3 Å². The molecule has 0 aromatic heterocycles. The molecule has 1 saturated heterocycles. The lowest BCUT2D eigenvalue weighted by molar-refractivity contribution is -0.305. The molecule has 0 radical (unpaired) electrons. The van der Waals surface area contributed by atoms with E-state index in [9.17, 15) is 35.1 Å². The Morgan fingerprint density at radius 2 is 0.784 bits per heavy atom. The maximum atomic E-state index is 13.5. The van der Waals surface area contributed by atoms with Crippen molar-refractivity contribution in [1.82, 2.24) is 5.32 Å². The van der Waals surface area contributed by atoms with Crippen LogP contribution in [0.25, 0.3) is 0 Å². The van der Waals surface area contributed by atoms with E-state index in [2.05, 4.69) is 86.8 Å². The topological polar surface area (TPSA) is 175 Å². The molecule has 6 N–H and O–H groups in total. The van der Waals surface area contributed by atoms with Gasteiger partial charge in [0, 0.05) is 6.42 Å². The first-order valence-corrected chi connectivity index (χ1v) is 37.2. The molecule has 1 aliphatic heterocycles. The summed E-state index contributed by atoms with van der Waals surface area (Å²) < 4.78 is 17.7. The summed E-state index contributed by atoms with van der Waals surface area (Å²) in [6.45, 7) is 5.80. The Kier molecular flexibility index (Phi) is 60.6. The van der Waals surface area contributed by atoms with Crippen molar-refractivity contribution >= 4 is 11.9 Å². The maximum Gasteiger partial charge on any atom is 0.306 e. The summed E-state index contributed by atoms with van der Waals surface area (Å²) in [5.41, 5.74) is 0. The first-order valence-electron chi connectivity index (χ1n) is 37.2. The van der Waals surface area contributed by atoms with Crippen molar-refractivity contribution in [3.8, 4) is 0 Å². The smallest absolute Gasteiger partial charge is 0.306 e. The zero-order valence-corrected chi connectivity index (χ0v) is 57.1. The quantitative estimate of drug-likeness (QED) is 0.0195. The summed E-state index contributed by atoms with van der Waals surface area (Å²) in [6, 6.07) is -1.03. The molecule has 1 rings (SSSR count). The van der Waals surface area contributed by atoms with Crippen molar-refractivity contribution in [3.63, 3.8) is 0 Å². The van der Waals surface area contributed by atoms with Crippen molar-refractivity contribution in [2.75, 3.05) is 13.2 Å². The fourth-order valence-electron chi connectivity index (χ4n) is 11.5. The molecule has 0 spiro atoms. The standard InChI is InChI=1S/C77H139NO10/c1-4-7-10-13-16-19-22-25-27-29-31-33-35-36-37-39-41-43-45-47-50-53-56-59-62-65-72(82)88-75-74(84)73(83)71(66-79)87-77(75)86-67-68(69(80)63-60-57-54-51-48-24-21-18-15-12-9-6-3)78-76(85)70(81)64-61-58-55-52-49-46-44-42-40-38-34-32-30-28-26-23-20-17-14-11-8-5-2/h16,19,25-28,31,33,36-37,60,63,68-71,73-75,77,79-81,83-84H,4-15,17-18,20-24,29-30,32,34-35,38-59,61-62,64-67H2,1-3H3,(H,78,85)/b19-16-,27-25-,28-26+,33-31-,37-36-,63-60+. The van der Waals surface area contributed by atoms with Gasteiger partial charge in [0.1, 0.15) is 24.4 Å². The number of carbonyl (C=O) groups excluding carboxylic acids is 2. The van der Waals surface area contributed by atoms with Gasteiger partial charge in [-0.3, -0.25) is 9.59 Å². The van der Waals surface area contributed by atoms with Crippen LogP contribution in [0.5, 0.6) is 0 Å². The molecule has 512 valence electrons. The van der Waals surface area contributed by atoms with Gasteiger partial charge in [-0.05, 0) is 96.3 Å². The van der Waals surface area contributed by atoms with Crippen molar-refractivity contribution in [3.05, 3.63) is 72.9 Å². The van der Waals surface area contributed by atoms with E-state index in [4.69, 9.17) is 14.2 Å². The van der Waals surface area contributed by atoms with Gasteiger partial charge in [-0.1, -0.05) is 312 Å². The minimum Gasteiger partial charge on any atom is -0.454 e. The summed E-state index contributed by atoms with van der Waals surface area (Å²) in [4.78, 5) is 26.7. The van der Waals surface area contributed by atoms with E-state index in [1.54, 1.807) is 6.08 Å². The Morgan fingerprint density at radius 1 is 0.443 bits per heavy atom. The molecule has 8 unspecified atom stereocenters. The highest BCUT2D eigenvalue weighted by Crippen LogP contribution is 2.26. The van der Waals surface area contributed by atoms with Crippen LogP contribution in [-0.2, 0) is 23.8 Å². The van der Waals surface area contributed by atoms with Gasteiger partial charge in [0.25, 0.3) is 0 Å². The highest BCUT2D eigenvalue weighted by atomic mass is 16.7. The SMILES string of the molecule is CCCCC/C=C\C/C=C\C/C=C\C/C=C\CCCCCCCCCCCC(=O)OC1C(OCC(NC(=O)C(O)CCCCCCCCCCCCCC/C=C/CCCCCCCC)C(O)/C=C/CCCCCCCCCCCC)OC(CO)C(O)C1O. The average molecular weight is 1240 g/mol. The van der Waals surface area contributed by atoms with Gasteiger partial charge in [-0.25, -0.2) is 0 Å². The molecule has 1 heterocycles. The zero-order chi connectivity index (χ0) is 63.9. The largest absolute Gasteiger partial charge is 0.454 e. The number of amides is 1. The zero-order valence-electron chi connectivity index (χ0n) is 57.1. The molecular weight excluding hydrogens is 1100 g/mol. The van der Waals surface area contributed by atoms with E-state index in [0.717, 1.165) is 89.9 Å². The first kappa shape index (κ1) is 83.1. The molecule has 11 heteroatoms. The Hall–Kier alpha value is -2.90. The summed E-state index contributed by atoms with van der Waals surface area (Å²) in [7, 11) is 0. The van der Waals surface area contributed by atoms with Crippen molar-refractivity contribution in [2.24, 2.45) is 0 Å². The number of ether oxygens (including phenoxy) is 3. The van der Waals surface area contributed by atoms with E-state index in [-0.39, 0.29) is 13.0 Å². The summed E-state index contributed by atoms with van der Waals surface area (Å²) in [5.74, 6) is -1.19. The van der Waals surface area contributed by atoms with Crippen LogP contribution in [-0.4, -0.2) is 99.6 Å². The lowest BCUT2D eigenvalue weighted by Crippen LogP contribution is -2.61. The molecule has 0 aromatic carbocycles. The number of hydrogen-bond acceptors (Lipinski definition) is 10. The fourth-order valence-corrected chi connectivity index (χ4v) is 11.5. The van der Waals surface area contributed by atoms with Crippen LogP contribution in [0.1, 0.15) is 342 Å². The normalized spacial score (nSPS) is 18.6. The second kappa shape index (κ2) is 64.2. The highest BCUT2D eigenvalue weighted by Gasteiger charge is 2.47. The monoisotopic (exact) mass is 1240 g/mol. The molecule has 0 aromatic rings. The highest BCUT2D eigenvalue weighted by molar-refractivity contribution is 5.80. The molecule has 88 heavy (non-hydrogen) atoms. The molecule has 8 atom stereocenters. The molecular formula is C77H139NO10. The van der Waals surface area contributed by atoms with E-state index < -0.39 is 67.4 Å². The average Bonchev–Trinajstić information content (AvgIpc) is 2.54. The van der Waals surface area contributed by atoms with E-state index in [0.29, 0.717) is 19.3 Å². The summed E-state index contributed by atoms with van der Waals surface area (Å²) >= 11 is 0. The predicted octanol–water partition coefficient (Wildman–Crippen LogP) is 19.5. The van der Waals surface area contributed by atoms with E-state index in [1.807, 2.05) is 6.08 Å². The number of nitrogens with one attached hydrogen (secondary N) is 1. The van der Waals surface area contributed by atoms with Crippen LogP contribution in [0.3, 0.4) is 0 Å². The van der Waals surface area contributed by atoms with Crippen LogP contribution < -0.4 is 5.32 Å². The summed E-state index contributed by atoms with van der Waals surface area (Å²) in [6.07, 6.45) is 73.7. The molecule has 0 aliphatic carbocycles. The van der Waals surface area contributed by atoms with Gasteiger partial charge in [-0.2, -0.15) is 0 Å². The van der Waals surface area contributed by atoms with Gasteiger partial charge >= 0.3 is 5.97 Å². The van der Waals surface area contributed by atoms with E-state index >= 15 is 0 Å². The Bertz CT molecular complexity index is 1710. The third kappa shape index (κ3) is 50.7. The van der Waals surface area contributed by atoms with Gasteiger partial charge in [0.2, 0.25) is 5.91 Å². The number of carbonyl (C=O) groups is 2. The molecule has 0 bridgehead atoms. The van der Waals surface area contributed by atoms with Crippen LogP contribution in [0.15, 0.2) is 72.9 Å². The lowest BCUT2D eigenvalue weighted by atomic mass is 9.99. The minimum atomic E-state index is -1.62. The van der Waals surface area contributed by atoms with Crippen LogP contribution in [0, 0.1) is 0 Å². The lowest BCUT2D eigenvalue weighted by Gasteiger charge is -2.41. The van der Waals surface area contributed by atoms with Gasteiger partial charge in [0.05, 0.1) is 25.4 Å². The van der Waals surface area contributed by atoms with Crippen LogP contribution in [0.4, 0.5) is 0 Å². The van der Waals surface area contributed by atoms with Crippen LogP contribution in [0.2, 0.25) is 0 Å². The Morgan fingerprint density at radius 3 is 1.20 bits per heavy atom. The first-order chi connectivity index (χ1) is 43.2. The molecule has 1 amide bonds. The van der Waals surface area contributed by atoms with Gasteiger partial charge < -0.3 is 45.1 Å². The number of esters is 1. The summed E-state index contributed by atoms with van der Waals surface area (Å²) in [5, 5.41) is 57.3.